The van der Waals surface area contributed by atoms with Crippen LogP contribution in [0.4, 0.5) is 11.9 Å². The Balaban J connectivity index is 1.90. The maximum atomic E-state index is 4.52. The van der Waals surface area contributed by atoms with Gasteiger partial charge < -0.3 is 10.6 Å². The molecule has 3 rings (SSSR count). The van der Waals surface area contributed by atoms with E-state index in [1.54, 1.807) is 11.8 Å². The summed E-state index contributed by atoms with van der Waals surface area (Å²) in [6.07, 6.45) is 0. The van der Waals surface area contributed by atoms with E-state index in [9.17, 15) is 0 Å². The third kappa shape index (κ3) is 3.59. The van der Waals surface area contributed by atoms with Crippen LogP contribution in [0, 0.1) is 6.92 Å². The summed E-state index contributed by atoms with van der Waals surface area (Å²) in [7, 11) is 0. The van der Waals surface area contributed by atoms with Gasteiger partial charge in [-0.2, -0.15) is 9.97 Å². The normalized spacial score (nSPS) is 11.0. The van der Waals surface area contributed by atoms with Crippen LogP contribution in [-0.4, -0.2) is 37.7 Å². The average Bonchev–Trinajstić information content (AvgIpc) is 2.97. The van der Waals surface area contributed by atoms with Gasteiger partial charge in [0, 0.05) is 18.8 Å². The van der Waals surface area contributed by atoms with Gasteiger partial charge in [-0.25, -0.2) is 4.40 Å². The molecule has 0 bridgehead atoms. The lowest BCUT2D eigenvalue weighted by atomic mass is 10.2. The lowest BCUT2D eigenvalue weighted by Crippen LogP contribution is -2.11. The number of hydrogen-bond acceptors (Lipinski definition) is 7. The number of thioether (sulfide) groups is 1. The fourth-order valence-electron chi connectivity index (χ4n) is 2.35. The molecule has 0 unspecified atom stereocenters. The minimum Gasteiger partial charge on any atom is -0.355 e. The smallest absolute Gasteiger partial charge is 0.261 e. The minimum atomic E-state index is 0.545. The van der Waals surface area contributed by atoms with Crippen molar-refractivity contribution in [3.05, 3.63) is 35.4 Å². The molecule has 0 spiro atoms. The van der Waals surface area contributed by atoms with Crippen LogP contribution in [0.25, 0.3) is 5.78 Å². The Morgan fingerprint density at radius 2 is 1.92 bits per heavy atom. The highest BCUT2D eigenvalue weighted by molar-refractivity contribution is 7.98. The molecule has 0 aliphatic rings. The second-order valence-corrected chi connectivity index (χ2v) is 6.27. The fraction of sp³-hybridized carbons (Fsp3) is 0.375. The highest BCUT2D eigenvalue weighted by atomic mass is 32.2. The molecule has 0 atom stereocenters. The first-order valence-corrected chi connectivity index (χ1v) is 8.99. The van der Waals surface area contributed by atoms with Gasteiger partial charge >= 0.3 is 0 Å². The lowest BCUT2D eigenvalue weighted by Gasteiger charge is -2.09. The van der Waals surface area contributed by atoms with Gasteiger partial charge in [-0.1, -0.05) is 41.6 Å². The minimum absolute atomic E-state index is 0.545. The highest BCUT2D eigenvalue weighted by Crippen LogP contribution is 2.24. The maximum absolute atomic E-state index is 4.52. The van der Waals surface area contributed by atoms with E-state index in [1.165, 1.54) is 11.1 Å². The zero-order valence-electron chi connectivity index (χ0n) is 14.1. The highest BCUT2D eigenvalue weighted by Gasteiger charge is 2.14. The molecule has 0 saturated carbocycles. The van der Waals surface area contributed by atoms with Gasteiger partial charge in [0.2, 0.25) is 11.9 Å². The second kappa shape index (κ2) is 7.48. The summed E-state index contributed by atoms with van der Waals surface area (Å²) in [6, 6.07) is 8.47. The molecule has 0 radical (unpaired) electrons. The van der Waals surface area contributed by atoms with Crippen molar-refractivity contribution in [1.82, 2.24) is 24.6 Å². The summed E-state index contributed by atoms with van der Waals surface area (Å²) in [6.45, 7) is 7.65. The number of aryl methyl sites for hydroxylation is 1. The molecule has 0 aliphatic carbocycles. The first-order valence-electron chi connectivity index (χ1n) is 8.00. The van der Waals surface area contributed by atoms with Gasteiger partial charge in [0.15, 0.2) is 5.16 Å². The first-order chi connectivity index (χ1) is 11.7. The summed E-state index contributed by atoms with van der Waals surface area (Å²) in [5.41, 5.74) is 2.51. The quantitative estimate of drug-likeness (QED) is 0.638. The summed E-state index contributed by atoms with van der Waals surface area (Å²) >= 11 is 1.63. The molecule has 24 heavy (non-hydrogen) atoms. The van der Waals surface area contributed by atoms with Crippen LogP contribution >= 0.6 is 11.8 Å². The van der Waals surface area contributed by atoms with Gasteiger partial charge in [0.05, 0.1) is 0 Å². The van der Waals surface area contributed by atoms with E-state index in [-0.39, 0.29) is 0 Å². The Hall–Kier alpha value is -2.35. The molecule has 2 heterocycles. The van der Waals surface area contributed by atoms with Crippen LogP contribution in [0.1, 0.15) is 25.0 Å². The van der Waals surface area contributed by atoms with E-state index < -0.39 is 0 Å². The van der Waals surface area contributed by atoms with Crippen LogP contribution in [0.5, 0.6) is 0 Å². The Kier molecular flexibility index (Phi) is 5.14. The molecule has 0 saturated heterocycles. The van der Waals surface area contributed by atoms with E-state index in [1.807, 2.05) is 18.2 Å². The van der Waals surface area contributed by atoms with Crippen molar-refractivity contribution >= 4 is 29.4 Å². The molecule has 0 amide bonds. The van der Waals surface area contributed by atoms with Crippen molar-refractivity contribution < 1.29 is 0 Å². The number of nitrogens with zero attached hydrogens (tertiary/aromatic N) is 5. The number of fused-ring (bicyclic) bond motifs is 1. The van der Waals surface area contributed by atoms with Crippen molar-refractivity contribution in [3.8, 4) is 0 Å². The molecule has 0 fully saturated rings. The van der Waals surface area contributed by atoms with Crippen molar-refractivity contribution in [2.24, 2.45) is 0 Å². The molecular weight excluding hydrogens is 322 g/mol. The molecule has 3 aromatic rings. The van der Waals surface area contributed by atoms with Crippen LogP contribution < -0.4 is 10.6 Å². The Labute approximate surface area is 145 Å². The molecule has 1 aromatic carbocycles. The van der Waals surface area contributed by atoms with E-state index in [4.69, 9.17) is 0 Å². The Morgan fingerprint density at radius 1 is 1.08 bits per heavy atom. The number of hydrogen-bond donors (Lipinski definition) is 2. The van der Waals surface area contributed by atoms with Crippen LogP contribution in [0.3, 0.4) is 0 Å². The zero-order valence-corrected chi connectivity index (χ0v) is 14.9. The number of aromatic nitrogens is 5. The number of nitrogens with one attached hydrogen (secondary N) is 2. The Bertz CT molecular complexity index is 830. The van der Waals surface area contributed by atoms with Gasteiger partial charge in [-0.15, -0.1) is 10.2 Å². The van der Waals surface area contributed by atoms with Crippen LogP contribution in [0.2, 0.25) is 0 Å². The monoisotopic (exact) mass is 343 g/mol. The van der Waals surface area contributed by atoms with Gasteiger partial charge in [0.25, 0.3) is 5.78 Å². The van der Waals surface area contributed by atoms with E-state index in [0.29, 0.717) is 17.7 Å². The van der Waals surface area contributed by atoms with E-state index in [2.05, 4.69) is 62.0 Å². The summed E-state index contributed by atoms with van der Waals surface area (Å²) < 4.78 is 1.87. The molecule has 8 heteroatoms. The molecule has 0 aliphatic heterocycles. The van der Waals surface area contributed by atoms with Crippen molar-refractivity contribution in [3.63, 3.8) is 0 Å². The molecule has 2 aromatic heterocycles. The van der Waals surface area contributed by atoms with Gasteiger partial charge in [-0.3, -0.25) is 0 Å². The standard InChI is InChI=1S/C16H21N7S/c1-4-17-13-19-14(18-5-2)23-15(20-13)21-22-16(23)24-10-12-8-6-7-11(3)9-12/h6-9H,4-5,10H2,1-3H3,(H2,17,18,19,20,21). The second-order valence-electron chi connectivity index (χ2n) is 5.33. The predicted molar refractivity (Wildman–Crippen MR) is 97.6 cm³/mol. The van der Waals surface area contributed by atoms with Gasteiger partial charge in [0.1, 0.15) is 0 Å². The number of anilines is 2. The molecule has 126 valence electrons. The van der Waals surface area contributed by atoms with Crippen molar-refractivity contribution in [2.75, 3.05) is 23.7 Å². The zero-order chi connectivity index (χ0) is 16.9. The first kappa shape index (κ1) is 16.5. The summed E-state index contributed by atoms with van der Waals surface area (Å²) in [5, 5.41) is 15.6. The fourth-order valence-corrected chi connectivity index (χ4v) is 3.22. The number of benzene rings is 1. The maximum Gasteiger partial charge on any atom is 0.261 e. The van der Waals surface area contributed by atoms with Gasteiger partial charge in [-0.05, 0) is 26.3 Å². The molecule has 2 N–H and O–H groups in total. The summed E-state index contributed by atoms with van der Waals surface area (Å²) in [4.78, 5) is 8.93. The number of rotatable bonds is 7. The lowest BCUT2D eigenvalue weighted by molar-refractivity contribution is 0.887. The molecular formula is C16H21N7S. The average molecular weight is 343 g/mol. The largest absolute Gasteiger partial charge is 0.355 e. The van der Waals surface area contributed by atoms with Crippen LogP contribution in [-0.2, 0) is 5.75 Å². The predicted octanol–water partition coefficient (Wildman–Crippen LogP) is 2.98. The van der Waals surface area contributed by atoms with Crippen molar-refractivity contribution in [2.45, 2.75) is 31.7 Å². The third-order valence-corrected chi connectivity index (χ3v) is 4.37. The topological polar surface area (TPSA) is 80.0 Å². The molecule has 7 nitrogen and oxygen atoms in total. The van der Waals surface area contributed by atoms with Crippen LogP contribution in [0.15, 0.2) is 29.4 Å². The Morgan fingerprint density at radius 3 is 2.67 bits per heavy atom. The third-order valence-electron chi connectivity index (χ3n) is 3.37. The SMILES string of the molecule is CCNc1nc(NCC)n2c(SCc3cccc(C)c3)nnc2n1. The summed E-state index contributed by atoms with van der Waals surface area (Å²) in [5.74, 6) is 2.63. The van der Waals surface area contributed by atoms with E-state index in [0.717, 1.165) is 24.0 Å². The van der Waals surface area contributed by atoms with Crippen molar-refractivity contribution in [1.29, 1.82) is 0 Å². The van der Waals surface area contributed by atoms with E-state index >= 15 is 0 Å².